The fraction of sp³-hybridized carbons (Fsp3) is 1.00. The van der Waals surface area contributed by atoms with Crippen LogP contribution >= 0.6 is 0 Å². The van der Waals surface area contributed by atoms with E-state index >= 15 is 0 Å². The highest BCUT2D eigenvalue weighted by molar-refractivity contribution is 4.86. The molecule has 0 aromatic rings. The molecular formula is C14H27F2NO. The third-order valence-corrected chi connectivity index (χ3v) is 3.77. The van der Waals surface area contributed by atoms with Crippen LogP contribution in [0.2, 0.25) is 0 Å². The molecular weight excluding hydrogens is 236 g/mol. The minimum atomic E-state index is -2.45. The van der Waals surface area contributed by atoms with Crippen LogP contribution in [0.15, 0.2) is 0 Å². The van der Waals surface area contributed by atoms with E-state index in [1.165, 1.54) is 0 Å². The van der Waals surface area contributed by atoms with E-state index in [4.69, 9.17) is 4.74 Å². The second-order valence-electron chi connectivity index (χ2n) is 5.41. The number of methoxy groups -OCH3 is 1. The van der Waals surface area contributed by atoms with E-state index in [1.54, 1.807) is 7.11 Å². The molecule has 0 aromatic carbocycles. The maximum atomic E-state index is 13.5. The van der Waals surface area contributed by atoms with Crippen molar-refractivity contribution >= 4 is 0 Å². The zero-order chi connectivity index (χ0) is 13.4. The molecule has 2 nitrogen and oxygen atoms in total. The minimum Gasteiger partial charge on any atom is -0.385 e. The van der Waals surface area contributed by atoms with Gasteiger partial charge in [0.05, 0.1) is 0 Å². The SMILES string of the molecule is CCCNC(CCCOC)C1CCCC(F)(F)C1. The van der Waals surface area contributed by atoms with Crippen molar-refractivity contribution in [1.29, 1.82) is 0 Å². The lowest BCUT2D eigenvalue weighted by Crippen LogP contribution is -2.41. The van der Waals surface area contributed by atoms with Gasteiger partial charge < -0.3 is 10.1 Å². The van der Waals surface area contributed by atoms with Gasteiger partial charge in [0, 0.05) is 32.6 Å². The van der Waals surface area contributed by atoms with Crippen LogP contribution in [0.1, 0.15) is 51.9 Å². The monoisotopic (exact) mass is 263 g/mol. The average Bonchev–Trinajstić information content (AvgIpc) is 2.32. The van der Waals surface area contributed by atoms with Gasteiger partial charge in [-0.25, -0.2) is 8.78 Å². The summed E-state index contributed by atoms with van der Waals surface area (Å²) < 4.78 is 32.0. The fourth-order valence-corrected chi connectivity index (χ4v) is 2.84. The van der Waals surface area contributed by atoms with Gasteiger partial charge >= 0.3 is 0 Å². The zero-order valence-electron chi connectivity index (χ0n) is 11.7. The molecule has 0 saturated heterocycles. The van der Waals surface area contributed by atoms with Gasteiger partial charge in [-0.15, -0.1) is 0 Å². The molecule has 2 unspecified atom stereocenters. The summed E-state index contributed by atoms with van der Waals surface area (Å²) in [5.41, 5.74) is 0. The first-order valence-corrected chi connectivity index (χ1v) is 7.19. The van der Waals surface area contributed by atoms with Crippen molar-refractivity contribution in [3.63, 3.8) is 0 Å². The Morgan fingerprint density at radius 3 is 2.83 bits per heavy atom. The van der Waals surface area contributed by atoms with Gasteiger partial charge in [-0.1, -0.05) is 6.92 Å². The smallest absolute Gasteiger partial charge is 0.248 e. The van der Waals surface area contributed by atoms with Crippen LogP contribution in [-0.2, 0) is 4.74 Å². The quantitative estimate of drug-likeness (QED) is 0.675. The number of alkyl halides is 2. The summed E-state index contributed by atoms with van der Waals surface area (Å²) in [4.78, 5) is 0. The summed E-state index contributed by atoms with van der Waals surface area (Å²) in [7, 11) is 1.68. The molecule has 1 saturated carbocycles. The summed E-state index contributed by atoms with van der Waals surface area (Å²) >= 11 is 0. The molecule has 0 amide bonds. The van der Waals surface area contributed by atoms with Crippen molar-refractivity contribution in [2.24, 2.45) is 5.92 Å². The Kier molecular flexibility index (Phi) is 7.08. The molecule has 4 heteroatoms. The highest BCUT2D eigenvalue weighted by Gasteiger charge is 2.38. The number of ether oxygens (including phenoxy) is 1. The van der Waals surface area contributed by atoms with E-state index in [9.17, 15) is 8.78 Å². The van der Waals surface area contributed by atoms with Crippen molar-refractivity contribution in [3.05, 3.63) is 0 Å². The lowest BCUT2D eigenvalue weighted by Gasteiger charge is -2.35. The van der Waals surface area contributed by atoms with Crippen molar-refractivity contribution in [2.75, 3.05) is 20.3 Å². The molecule has 2 atom stereocenters. The topological polar surface area (TPSA) is 21.3 Å². The highest BCUT2D eigenvalue weighted by Crippen LogP contribution is 2.38. The predicted molar refractivity (Wildman–Crippen MR) is 70.1 cm³/mol. The Bertz CT molecular complexity index is 224. The Morgan fingerprint density at radius 1 is 1.44 bits per heavy atom. The normalized spacial score (nSPS) is 25.0. The van der Waals surface area contributed by atoms with Crippen molar-refractivity contribution in [3.8, 4) is 0 Å². The maximum Gasteiger partial charge on any atom is 0.248 e. The van der Waals surface area contributed by atoms with Crippen LogP contribution in [0.5, 0.6) is 0 Å². The van der Waals surface area contributed by atoms with Crippen LogP contribution in [0.25, 0.3) is 0 Å². The first-order chi connectivity index (χ1) is 8.59. The fourth-order valence-electron chi connectivity index (χ4n) is 2.84. The Hall–Kier alpha value is -0.220. The molecule has 1 aliphatic carbocycles. The van der Waals surface area contributed by atoms with E-state index < -0.39 is 5.92 Å². The molecule has 1 N–H and O–H groups in total. The van der Waals surface area contributed by atoms with Crippen molar-refractivity contribution in [2.45, 2.75) is 63.8 Å². The second-order valence-corrected chi connectivity index (χ2v) is 5.41. The number of hydrogen-bond donors (Lipinski definition) is 1. The van der Waals surface area contributed by atoms with Crippen LogP contribution in [0.4, 0.5) is 8.78 Å². The van der Waals surface area contributed by atoms with E-state index in [2.05, 4.69) is 12.2 Å². The summed E-state index contributed by atoms with van der Waals surface area (Å²) in [5.74, 6) is -2.33. The predicted octanol–water partition coefficient (Wildman–Crippen LogP) is 3.61. The zero-order valence-corrected chi connectivity index (χ0v) is 11.7. The molecule has 0 bridgehead atoms. The lowest BCUT2D eigenvalue weighted by atomic mass is 9.80. The number of rotatable bonds is 8. The van der Waals surface area contributed by atoms with Gasteiger partial charge in [0.25, 0.3) is 0 Å². The summed E-state index contributed by atoms with van der Waals surface area (Å²) in [6, 6.07) is 0.228. The van der Waals surface area contributed by atoms with E-state index in [0.29, 0.717) is 13.0 Å². The van der Waals surface area contributed by atoms with E-state index in [1.807, 2.05) is 0 Å². The first kappa shape index (κ1) is 15.8. The van der Waals surface area contributed by atoms with E-state index in [0.717, 1.165) is 32.2 Å². The van der Waals surface area contributed by atoms with Crippen molar-refractivity contribution in [1.82, 2.24) is 5.32 Å². The van der Waals surface area contributed by atoms with E-state index in [-0.39, 0.29) is 24.8 Å². The largest absolute Gasteiger partial charge is 0.385 e. The maximum absolute atomic E-state index is 13.5. The van der Waals surface area contributed by atoms with Crippen LogP contribution < -0.4 is 5.32 Å². The lowest BCUT2D eigenvalue weighted by molar-refractivity contribution is -0.0588. The van der Waals surface area contributed by atoms with Gasteiger partial charge in [-0.3, -0.25) is 0 Å². The van der Waals surface area contributed by atoms with Gasteiger partial charge in [0.15, 0.2) is 0 Å². The third kappa shape index (κ3) is 5.61. The Morgan fingerprint density at radius 2 is 2.22 bits per heavy atom. The summed E-state index contributed by atoms with van der Waals surface area (Å²) in [5, 5.41) is 3.45. The minimum absolute atomic E-state index is 0.0569. The third-order valence-electron chi connectivity index (χ3n) is 3.77. The van der Waals surface area contributed by atoms with Crippen molar-refractivity contribution < 1.29 is 13.5 Å². The molecule has 1 aliphatic rings. The Labute approximate surface area is 109 Å². The van der Waals surface area contributed by atoms with Crippen LogP contribution in [0.3, 0.4) is 0 Å². The second kappa shape index (κ2) is 8.05. The molecule has 1 rings (SSSR count). The summed E-state index contributed by atoms with van der Waals surface area (Å²) in [6.07, 6.45) is 4.65. The van der Waals surface area contributed by atoms with Gasteiger partial charge in [0.1, 0.15) is 0 Å². The molecule has 0 heterocycles. The standard InChI is InChI=1S/C14H27F2NO/c1-3-9-17-13(7-5-10-18-2)12-6-4-8-14(15,16)11-12/h12-13,17H,3-11H2,1-2H3. The molecule has 0 spiro atoms. The molecule has 0 aromatic heterocycles. The number of nitrogens with one attached hydrogen (secondary N) is 1. The molecule has 0 aliphatic heterocycles. The van der Waals surface area contributed by atoms with Crippen LogP contribution in [-0.4, -0.2) is 32.2 Å². The molecule has 18 heavy (non-hydrogen) atoms. The molecule has 1 fully saturated rings. The number of hydrogen-bond acceptors (Lipinski definition) is 2. The first-order valence-electron chi connectivity index (χ1n) is 7.19. The van der Waals surface area contributed by atoms with Crippen LogP contribution in [0, 0.1) is 5.92 Å². The molecule has 108 valence electrons. The molecule has 0 radical (unpaired) electrons. The van der Waals surface area contributed by atoms with Gasteiger partial charge in [-0.05, 0) is 44.6 Å². The van der Waals surface area contributed by atoms with Gasteiger partial charge in [0.2, 0.25) is 5.92 Å². The van der Waals surface area contributed by atoms with Gasteiger partial charge in [-0.2, -0.15) is 0 Å². The Balaban J connectivity index is 2.46. The number of halogens is 2. The average molecular weight is 263 g/mol. The summed E-state index contributed by atoms with van der Waals surface area (Å²) in [6.45, 7) is 3.74. The highest BCUT2D eigenvalue weighted by atomic mass is 19.3.